The highest BCUT2D eigenvalue weighted by atomic mass is 16.5. The van der Waals surface area contributed by atoms with Crippen LogP contribution in [0, 0.1) is 6.92 Å². The summed E-state index contributed by atoms with van der Waals surface area (Å²) in [6.45, 7) is 7.34. The second-order valence-electron chi connectivity index (χ2n) is 8.88. The first-order valence-corrected chi connectivity index (χ1v) is 12.5. The fraction of sp³-hybridized carbons (Fsp3) is 0.357. The Bertz CT molecular complexity index is 1550. The molecule has 3 aromatic heterocycles. The highest BCUT2D eigenvalue weighted by molar-refractivity contribution is 6.05. The molecule has 7 nitrogen and oxygen atoms in total. The van der Waals surface area contributed by atoms with Crippen molar-refractivity contribution in [2.75, 3.05) is 6.61 Å². The molecule has 0 amide bonds. The van der Waals surface area contributed by atoms with E-state index < -0.39 is 0 Å². The van der Waals surface area contributed by atoms with Gasteiger partial charge in [0, 0.05) is 12.2 Å². The molecule has 0 saturated heterocycles. The van der Waals surface area contributed by atoms with Crippen molar-refractivity contribution < 1.29 is 4.74 Å². The average Bonchev–Trinajstić information content (AvgIpc) is 3.17. The SMILES string of the molecule is CCCCCCCn1c(C)nc2c(c1=O)c1nc3ccccc3nc1n2-c1ccc(OCC)cc1. The summed E-state index contributed by atoms with van der Waals surface area (Å²) in [7, 11) is 0. The van der Waals surface area contributed by atoms with Crippen LogP contribution in [0.15, 0.2) is 53.3 Å². The molecule has 2 aromatic carbocycles. The van der Waals surface area contributed by atoms with E-state index >= 15 is 0 Å². The number of aromatic nitrogens is 5. The molecule has 180 valence electrons. The number of unbranched alkanes of at least 4 members (excludes halogenated alkanes) is 4. The maximum atomic E-state index is 13.8. The van der Waals surface area contributed by atoms with Gasteiger partial charge in [0.05, 0.1) is 17.6 Å². The number of rotatable bonds is 9. The monoisotopic (exact) mass is 469 g/mol. The molecule has 0 bridgehead atoms. The Hall–Kier alpha value is -3.74. The maximum Gasteiger partial charge on any atom is 0.265 e. The van der Waals surface area contributed by atoms with Crippen LogP contribution in [-0.4, -0.2) is 30.7 Å². The van der Waals surface area contributed by atoms with Gasteiger partial charge in [-0.1, -0.05) is 44.7 Å². The molecule has 0 unspecified atom stereocenters. The Morgan fingerprint density at radius 2 is 1.54 bits per heavy atom. The third-order valence-electron chi connectivity index (χ3n) is 6.44. The minimum absolute atomic E-state index is 0.0535. The fourth-order valence-corrected chi connectivity index (χ4v) is 4.67. The van der Waals surface area contributed by atoms with E-state index in [2.05, 4.69) is 6.92 Å². The van der Waals surface area contributed by atoms with Crippen molar-refractivity contribution in [1.82, 2.24) is 24.1 Å². The molecular formula is C28H31N5O2. The van der Waals surface area contributed by atoms with Crippen LogP contribution in [0.5, 0.6) is 5.75 Å². The Morgan fingerprint density at radius 3 is 2.26 bits per heavy atom. The Balaban J connectivity index is 1.73. The number of para-hydroxylation sites is 2. The quantitative estimate of drug-likeness (QED) is 0.249. The van der Waals surface area contributed by atoms with Crippen molar-refractivity contribution in [2.24, 2.45) is 0 Å². The van der Waals surface area contributed by atoms with Crippen molar-refractivity contribution in [3.8, 4) is 11.4 Å². The minimum atomic E-state index is -0.0535. The molecule has 0 spiro atoms. The van der Waals surface area contributed by atoms with Crippen LogP contribution in [0.4, 0.5) is 0 Å². The second kappa shape index (κ2) is 9.86. The largest absolute Gasteiger partial charge is 0.494 e. The Morgan fingerprint density at radius 1 is 0.829 bits per heavy atom. The summed E-state index contributed by atoms with van der Waals surface area (Å²) in [5, 5.41) is 0.520. The lowest BCUT2D eigenvalue weighted by molar-refractivity contribution is 0.340. The molecule has 0 aliphatic rings. The van der Waals surface area contributed by atoms with E-state index in [1.165, 1.54) is 19.3 Å². The summed E-state index contributed by atoms with van der Waals surface area (Å²) >= 11 is 0. The molecule has 0 N–H and O–H groups in total. The maximum absolute atomic E-state index is 13.8. The van der Waals surface area contributed by atoms with Gasteiger partial charge in [-0.25, -0.2) is 15.0 Å². The zero-order valence-electron chi connectivity index (χ0n) is 20.6. The van der Waals surface area contributed by atoms with Gasteiger partial charge in [0.2, 0.25) is 0 Å². The minimum Gasteiger partial charge on any atom is -0.494 e. The lowest BCUT2D eigenvalue weighted by Crippen LogP contribution is -2.24. The molecule has 0 fully saturated rings. The predicted octanol–water partition coefficient (Wildman–Crippen LogP) is 5.96. The number of ether oxygens (including phenoxy) is 1. The summed E-state index contributed by atoms with van der Waals surface area (Å²) in [6.07, 6.45) is 5.68. The third kappa shape index (κ3) is 4.27. The van der Waals surface area contributed by atoms with Gasteiger partial charge < -0.3 is 4.74 Å². The van der Waals surface area contributed by atoms with Gasteiger partial charge in [-0.15, -0.1) is 0 Å². The van der Waals surface area contributed by atoms with Crippen molar-refractivity contribution in [1.29, 1.82) is 0 Å². The lowest BCUT2D eigenvalue weighted by atomic mass is 10.1. The van der Waals surface area contributed by atoms with Gasteiger partial charge in [-0.2, -0.15) is 0 Å². The van der Waals surface area contributed by atoms with Gasteiger partial charge in [0.25, 0.3) is 5.56 Å². The lowest BCUT2D eigenvalue weighted by Gasteiger charge is -2.11. The van der Waals surface area contributed by atoms with E-state index in [0.717, 1.165) is 35.3 Å². The summed E-state index contributed by atoms with van der Waals surface area (Å²) < 4.78 is 9.36. The zero-order chi connectivity index (χ0) is 24.4. The predicted molar refractivity (Wildman–Crippen MR) is 141 cm³/mol. The average molecular weight is 470 g/mol. The van der Waals surface area contributed by atoms with Crippen molar-refractivity contribution in [3.63, 3.8) is 0 Å². The number of benzene rings is 2. The van der Waals surface area contributed by atoms with E-state index in [9.17, 15) is 4.79 Å². The first kappa shape index (κ1) is 23.0. The van der Waals surface area contributed by atoms with Crippen LogP contribution in [0.3, 0.4) is 0 Å². The van der Waals surface area contributed by atoms with Crippen molar-refractivity contribution in [2.45, 2.75) is 59.4 Å². The normalized spacial score (nSPS) is 11.6. The zero-order valence-corrected chi connectivity index (χ0v) is 20.6. The van der Waals surface area contributed by atoms with Crippen LogP contribution in [-0.2, 0) is 6.54 Å². The first-order valence-electron chi connectivity index (χ1n) is 12.5. The van der Waals surface area contributed by atoms with E-state index in [1.54, 1.807) is 4.57 Å². The molecule has 0 atom stereocenters. The Kier molecular flexibility index (Phi) is 6.49. The van der Waals surface area contributed by atoms with E-state index in [1.807, 2.05) is 66.9 Å². The van der Waals surface area contributed by atoms with Gasteiger partial charge in [0.1, 0.15) is 22.5 Å². The number of aryl methyl sites for hydroxylation is 1. The summed E-state index contributed by atoms with van der Waals surface area (Å²) in [5.41, 5.74) is 4.16. The topological polar surface area (TPSA) is 74.8 Å². The van der Waals surface area contributed by atoms with Crippen LogP contribution in [0.25, 0.3) is 38.9 Å². The van der Waals surface area contributed by atoms with Gasteiger partial charge in [0.15, 0.2) is 11.3 Å². The molecular weight excluding hydrogens is 438 g/mol. The number of hydrogen-bond acceptors (Lipinski definition) is 5. The third-order valence-corrected chi connectivity index (χ3v) is 6.44. The number of fused-ring (bicyclic) bond motifs is 4. The highest BCUT2D eigenvalue weighted by Gasteiger charge is 2.22. The summed E-state index contributed by atoms with van der Waals surface area (Å²) in [5.74, 6) is 1.50. The van der Waals surface area contributed by atoms with Crippen molar-refractivity contribution >= 4 is 33.2 Å². The number of hydrogen-bond donors (Lipinski definition) is 0. The van der Waals surface area contributed by atoms with Crippen LogP contribution in [0.2, 0.25) is 0 Å². The first-order chi connectivity index (χ1) is 17.1. The molecule has 3 heterocycles. The van der Waals surface area contributed by atoms with Gasteiger partial charge in [-0.05, 0) is 56.7 Å². The molecule has 5 rings (SSSR count). The van der Waals surface area contributed by atoms with Gasteiger partial charge in [-0.3, -0.25) is 13.9 Å². The van der Waals surface area contributed by atoms with Crippen LogP contribution >= 0.6 is 0 Å². The molecule has 7 heteroatoms. The van der Waals surface area contributed by atoms with E-state index in [0.29, 0.717) is 41.2 Å². The van der Waals surface area contributed by atoms with Crippen LogP contribution < -0.4 is 10.3 Å². The highest BCUT2D eigenvalue weighted by Crippen LogP contribution is 2.29. The van der Waals surface area contributed by atoms with Crippen LogP contribution in [0.1, 0.15) is 51.8 Å². The summed E-state index contributed by atoms with van der Waals surface area (Å²) in [6, 6.07) is 15.5. The number of nitrogens with zero attached hydrogens (tertiary/aromatic N) is 5. The molecule has 35 heavy (non-hydrogen) atoms. The van der Waals surface area contributed by atoms with Gasteiger partial charge >= 0.3 is 0 Å². The van der Waals surface area contributed by atoms with E-state index in [4.69, 9.17) is 19.7 Å². The van der Waals surface area contributed by atoms with Crippen molar-refractivity contribution in [3.05, 3.63) is 64.7 Å². The Labute approximate surface area is 204 Å². The standard InChI is InChI=1S/C28H31N5O2/c1-4-6-7-8-11-18-32-19(3)29-26-24(28(32)34)25-27(31-23-13-10-9-12-22(23)30-25)33(26)20-14-16-21(17-15-20)35-5-2/h9-10,12-17H,4-8,11,18H2,1-3H3. The molecule has 5 aromatic rings. The molecule has 0 aliphatic carbocycles. The fourth-order valence-electron chi connectivity index (χ4n) is 4.67. The molecule has 0 radical (unpaired) electrons. The molecule has 0 saturated carbocycles. The smallest absolute Gasteiger partial charge is 0.265 e. The van der Waals surface area contributed by atoms with E-state index in [-0.39, 0.29) is 5.56 Å². The summed E-state index contributed by atoms with van der Waals surface area (Å²) in [4.78, 5) is 28.6. The second-order valence-corrected chi connectivity index (χ2v) is 8.88. The molecule has 0 aliphatic heterocycles.